The zero-order valence-corrected chi connectivity index (χ0v) is 10.1. The van der Waals surface area contributed by atoms with Gasteiger partial charge in [0.25, 0.3) is 0 Å². The molecular weight excluding hydrogens is 242 g/mol. The summed E-state index contributed by atoms with van der Waals surface area (Å²) in [6.07, 6.45) is 0. The Morgan fingerprint density at radius 3 is 2.05 bits per heavy atom. The Labute approximate surface area is 110 Å². The van der Waals surface area contributed by atoms with Gasteiger partial charge in [0.05, 0.1) is 11.3 Å². The van der Waals surface area contributed by atoms with Crippen LogP contribution in [0.25, 0.3) is 0 Å². The molecule has 0 saturated heterocycles. The van der Waals surface area contributed by atoms with Crippen LogP contribution in [0.3, 0.4) is 0 Å². The van der Waals surface area contributed by atoms with E-state index in [2.05, 4.69) is 0 Å². The number of carbonyl (C=O) groups excluding carboxylic acids is 1. The van der Waals surface area contributed by atoms with Crippen molar-refractivity contribution in [1.29, 1.82) is 5.41 Å². The number of guanidine groups is 1. The topological polar surface area (TPSA) is 79.4 Å². The third kappa shape index (κ3) is 3.10. The summed E-state index contributed by atoms with van der Waals surface area (Å²) < 4.78 is 0. The van der Waals surface area contributed by atoms with Crippen molar-refractivity contribution in [3.8, 4) is 0 Å². The lowest BCUT2D eigenvalue weighted by Crippen LogP contribution is -2.38. The van der Waals surface area contributed by atoms with Crippen LogP contribution in [0, 0.1) is 5.41 Å². The van der Waals surface area contributed by atoms with Crippen molar-refractivity contribution in [3.63, 3.8) is 0 Å². The third-order valence-electron chi connectivity index (χ3n) is 2.39. The Balaban J connectivity index is 2.19. The molecule has 0 fully saturated rings. The molecule has 0 aliphatic heterocycles. The number of hydroxylamine groups is 1. The van der Waals surface area contributed by atoms with Gasteiger partial charge in [-0.3, -0.25) is 5.41 Å². The second-order valence-corrected chi connectivity index (χ2v) is 3.76. The molecule has 0 unspecified atom stereocenters. The molecule has 0 spiro atoms. The maximum absolute atomic E-state index is 11.9. The largest absolute Gasteiger partial charge is 0.367 e. The molecule has 5 heteroatoms. The lowest BCUT2D eigenvalue weighted by molar-refractivity contribution is 0.0515. The minimum atomic E-state index is -0.570. The van der Waals surface area contributed by atoms with Gasteiger partial charge in [-0.05, 0) is 24.3 Å². The van der Waals surface area contributed by atoms with Crippen LogP contribution < -0.4 is 10.8 Å². The van der Waals surface area contributed by atoms with Crippen molar-refractivity contribution in [3.05, 3.63) is 66.2 Å². The highest BCUT2D eigenvalue weighted by Gasteiger charge is 2.16. The first-order valence-corrected chi connectivity index (χ1v) is 5.65. The van der Waals surface area contributed by atoms with E-state index in [4.69, 9.17) is 16.0 Å². The van der Waals surface area contributed by atoms with E-state index in [0.29, 0.717) is 11.3 Å². The van der Waals surface area contributed by atoms with Gasteiger partial charge in [-0.25, -0.2) is 4.79 Å². The van der Waals surface area contributed by atoms with E-state index in [-0.39, 0.29) is 5.96 Å². The van der Waals surface area contributed by atoms with Gasteiger partial charge >= 0.3 is 5.97 Å². The van der Waals surface area contributed by atoms with Crippen LogP contribution in [-0.4, -0.2) is 11.9 Å². The molecule has 0 aromatic heterocycles. The summed E-state index contributed by atoms with van der Waals surface area (Å²) in [5.41, 5.74) is 6.33. The van der Waals surface area contributed by atoms with Crippen LogP contribution in [-0.2, 0) is 4.84 Å². The van der Waals surface area contributed by atoms with Gasteiger partial charge in [-0.1, -0.05) is 36.4 Å². The van der Waals surface area contributed by atoms with Gasteiger partial charge in [0.15, 0.2) is 0 Å². The number of nitrogens with two attached hydrogens (primary N) is 1. The molecule has 0 bridgehead atoms. The minimum Gasteiger partial charge on any atom is -0.367 e. The van der Waals surface area contributed by atoms with Crippen molar-refractivity contribution >= 4 is 17.6 Å². The fourth-order valence-corrected chi connectivity index (χ4v) is 1.51. The van der Waals surface area contributed by atoms with Crippen LogP contribution in [0.2, 0.25) is 0 Å². The minimum absolute atomic E-state index is 0.365. The number of carbonyl (C=O) groups is 1. The van der Waals surface area contributed by atoms with Crippen LogP contribution in [0.1, 0.15) is 10.4 Å². The van der Waals surface area contributed by atoms with E-state index in [1.165, 1.54) is 0 Å². The molecule has 0 heterocycles. The van der Waals surface area contributed by atoms with Gasteiger partial charge < -0.3 is 10.6 Å². The lowest BCUT2D eigenvalue weighted by Gasteiger charge is -2.20. The average molecular weight is 255 g/mol. The second kappa shape index (κ2) is 5.68. The number of nitrogens with one attached hydrogen (secondary N) is 1. The Morgan fingerprint density at radius 1 is 1.00 bits per heavy atom. The summed E-state index contributed by atoms with van der Waals surface area (Å²) in [6.45, 7) is 0. The number of rotatable bonds is 2. The van der Waals surface area contributed by atoms with Gasteiger partial charge in [-0.15, -0.1) is 5.06 Å². The number of para-hydroxylation sites is 1. The normalized spacial score (nSPS) is 9.68. The van der Waals surface area contributed by atoms with Crippen LogP contribution in [0.4, 0.5) is 5.69 Å². The molecule has 0 aliphatic carbocycles. The zero-order valence-electron chi connectivity index (χ0n) is 10.1. The second-order valence-electron chi connectivity index (χ2n) is 3.76. The van der Waals surface area contributed by atoms with Crippen molar-refractivity contribution in [2.75, 3.05) is 5.06 Å². The highest BCUT2D eigenvalue weighted by atomic mass is 16.7. The maximum atomic E-state index is 11.9. The molecule has 19 heavy (non-hydrogen) atoms. The summed E-state index contributed by atoms with van der Waals surface area (Å²) in [6, 6.07) is 17.3. The van der Waals surface area contributed by atoms with Crippen LogP contribution in [0.15, 0.2) is 60.7 Å². The molecule has 0 radical (unpaired) electrons. The first-order chi connectivity index (χ1) is 9.18. The molecule has 5 nitrogen and oxygen atoms in total. The van der Waals surface area contributed by atoms with Gasteiger partial charge in [-0.2, -0.15) is 0 Å². The van der Waals surface area contributed by atoms with Crippen molar-refractivity contribution < 1.29 is 9.63 Å². The fraction of sp³-hybridized carbons (Fsp3) is 0. The molecule has 0 atom stereocenters. The molecule has 96 valence electrons. The van der Waals surface area contributed by atoms with Gasteiger partial charge in [0.2, 0.25) is 5.96 Å². The molecule has 2 aromatic carbocycles. The van der Waals surface area contributed by atoms with Crippen molar-refractivity contribution in [2.24, 2.45) is 5.73 Å². The first kappa shape index (κ1) is 12.6. The molecule has 2 aromatic rings. The SMILES string of the molecule is N=C(N)N(OC(=O)c1ccccc1)c1ccccc1. The van der Waals surface area contributed by atoms with E-state index < -0.39 is 5.97 Å². The first-order valence-electron chi connectivity index (χ1n) is 5.65. The summed E-state index contributed by atoms with van der Waals surface area (Å²) in [5, 5.41) is 8.45. The summed E-state index contributed by atoms with van der Waals surface area (Å²) in [4.78, 5) is 17.0. The van der Waals surface area contributed by atoms with Gasteiger partial charge in [0, 0.05) is 0 Å². The Kier molecular flexibility index (Phi) is 3.78. The van der Waals surface area contributed by atoms with Crippen LogP contribution in [0.5, 0.6) is 0 Å². The predicted octanol–water partition coefficient (Wildman–Crippen LogP) is 2.16. The molecule has 0 saturated carbocycles. The number of benzene rings is 2. The predicted molar refractivity (Wildman–Crippen MR) is 72.7 cm³/mol. The average Bonchev–Trinajstić information content (AvgIpc) is 2.46. The molecule has 2 rings (SSSR count). The molecule has 0 amide bonds. The highest BCUT2D eigenvalue weighted by Crippen LogP contribution is 2.14. The van der Waals surface area contributed by atoms with Crippen molar-refractivity contribution in [2.45, 2.75) is 0 Å². The number of nitrogens with zero attached hydrogens (tertiary/aromatic N) is 1. The van der Waals surface area contributed by atoms with Gasteiger partial charge in [0.1, 0.15) is 0 Å². The van der Waals surface area contributed by atoms with E-state index in [1.54, 1.807) is 54.6 Å². The summed E-state index contributed by atoms with van der Waals surface area (Å²) >= 11 is 0. The molecule has 3 N–H and O–H groups in total. The summed E-state index contributed by atoms with van der Waals surface area (Å²) in [7, 11) is 0. The third-order valence-corrected chi connectivity index (χ3v) is 2.39. The standard InChI is InChI=1S/C14H13N3O2/c15-14(16)17(12-9-5-2-6-10-12)19-13(18)11-7-3-1-4-8-11/h1-10H,(H3,15,16). The number of anilines is 1. The van der Waals surface area contributed by atoms with E-state index in [1.807, 2.05) is 6.07 Å². The van der Waals surface area contributed by atoms with E-state index in [0.717, 1.165) is 5.06 Å². The lowest BCUT2D eigenvalue weighted by atomic mass is 10.2. The Bertz CT molecular complexity index is 570. The Morgan fingerprint density at radius 2 is 1.53 bits per heavy atom. The monoisotopic (exact) mass is 255 g/mol. The highest BCUT2D eigenvalue weighted by molar-refractivity contribution is 5.96. The number of hydrogen-bond donors (Lipinski definition) is 2. The molecule has 0 aliphatic rings. The fourth-order valence-electron chi connectivity index (χ4n) is 1.51. The molecular formula is C14H13N3O2. The Hall–Kier alpha value is -2.82. The van der Waals surface area contributed by atoms with E-state index in [9.17, 15) is 4.79 Å². The summed E-state index contributed by atoms with van der Waals surface area (Å²) in [5.74, 6) is -0.935. The van der Waals surface area contributed by atoms with E-state index >= 15 is 0 Å². The zero-order chi connectivity index (χ0) is 13.7. The van der Waals surface area contributed by atoms with Crippen LogP contribution >= 0.6 is 0 Å². The van der Waals surface area contributed by atoms with Crippen molar-refractivity contribution in [1.82, 2.24) is 0 Å². The quantitative estimate of drug-likeness (QED) is 0.489. The maximum Gasteiger partial charge on any atom is 0.363 e. The smallest absolute Gasteiger partial charge is 0.363 e. The number of hydrogen-bond acceptors (Lipinski definition) is 3.